The number of hydrogen-bond donors (Lipinski definition) is 1. The zero-order valence-corrected chi connectivity index (χ0v) is 8.14. The van der Waals surface area contributed by atoms with E-state index >= 15 is 0 Å². The molecule has 0 unspecified atom stereocenters. The molecule has 6 heteroatoms. The van der Waals surface area contributed by atoms with E-state index < -0.39 is 19.9 Å². The number of hydrogen-bond acceptors (Lipinski definition) is 4. The van der Waals surface area contributed by atoms with Gasteiger partial charge < -0.3 is 0 Å². The number of anilines is 1. The van der Waals surface area contributed by atoms with E-state index in [0.717, 1.165) is 0 Å². The molecule has 1 aromatic carbocycles. The van der Waals surface area contributed by atoms with Crippen molar-refractivity contribution in [3.05, 3.63) is 28.3 Å². The summed E-state index contributed by atoms with van der Waals surface area (Å²) in [6.45, 7) is 0. The Morgan fingerprint density at radius 2 is 2.31 bits per heavy atom. The monoisotopic (exact) mass is 243 g/mol. The number of rotatable bonds is 2. The zero-order chi connectivity index (χ0) is 9.84. The number of non-ortho nitro benzene ring substituents is 1. The maximum atomic E-state index is 10.4. The first-order chi connectivity index (χ1) is 6.15. The molecule has 0 aromatic heterocycles. The zero-order valence-electron chi connectivity index (χ0n) is 6.43. The molecule has 0 saturated carbocycles. The summed E-state index contributed by atoms with van der Waals surface area (Å²) in [5.74, 6) is 0. The van der Waals surface area contributed by atoms with Crippen molar-refractivity contribution in [2.24, 2.45) is 0 Å². The van der Waals surface area contributed by atoms with Crippen molar-refractivity contribution in [2.75, 3.05) is 5.73 Å². The molecule has 1 rings (SSSR count). The third-order valence-electron chi connectivity index (χ3n) is 1.36. The Balaban J connectivity index is 3.12. The second-order valence-corrected chi connectivity index (χ2v) is 3.91. The molecule has 0 amide bonds. The second-order valence-electron chi connectivity index (χ2n) is 2.17. The Morgan fingerprint density at radius 3 is 2.85 bits per heavy atom. The molecule has 0 aliphatic carbocycles. The molecule has 0 atom stereocenters. The van der Waals surface area contributed by atoms with Gasteiger partial charge in [-0.1, -0.05) is 0 Å². The molecular weight excluding hydrogens is 237 g/mol. The van der Waals surface area contributed by atoms with Crippen molar-refractivity contribution in [1.29, 1.82) is 5.26 Å². The third-order valence-corrected chi connectivity index (χ3v) is 2.76. The molecule has 5 nitrogen and oxygen atoms in total. The number of nitrogens with two attached hydrogens (primary N) is 1. The second kappa shape index (κ2) is 3.90. The van der Waals surface area contributed by atoms with Crippen LogP contribution in [0.5, 0.6) is 0 Å². The summed E-state index contributed by atoms with van der Waals surface area (Å²) in [6, 6.07) is 4.12. The maximum absolute atomic E-state index is 10.4. The van der Waals surface area contributed by atoms with E-state index in [0.29, 0.717) is 10.1 Å². The van der Waals surface area contributed by atoms with Crippen LogP contribution < -0.4 is 10.2 Å². The predicted molar refractivity (Wildman–Crippen MR) is 48.5 cm³/mol. The molecule has 0 saturated heterocycles. The minimum atomic E-state index is -0.504. The number of benzene rings is 1. The molecule has 0 spiro atoms. The van der Waals surface area contributed by atoms with Gasteiger partial charge in [0.05, 0.1) is 0 Å². The average Bonchev–Trinajstić information content (AvgIpc) is 2.08. The fourth-order valence-electron chi connectivity index (χ4n) is 0.774. The van der Waals surface area contributed by atoms with Crippen LogP contribution in [0.25, 0.3) is 0 Å². The van der Waals surface area contributed by atoms with Crippen LogP contribution in [0.1, 0.15) is 0 Å². The number of nitro groups is 1. The van der Waals surface area contributed by atoms with Crippen LogP contribution in [-0.2, 0) is 0 Å². The molecule has 0 aliphatic rings. The van der Waals surface area contributed by atoms with Crippen molar-refractivity contribution in [3.63, 3.8) is 0 Å². The van der Waals surface area contributed by atoms with Crippen LogP contribution in [0, 0.1) is 20.3 Å². The van der Waals surface area contributed by atoms with Gasteiger partial charge in [-0.05, 0) is 0 Å². The summed E-state index contributed by atoms with van der Waals surface area (Å²) in [7, 11) is 0. The Bertz CT molecular complexity index is 386. The van der Waals surface area contributed by atoms with Gasteiger partial charge in [0.15, 0.2) is 0 Å². The molecule has 1 aromatic rings. The SMILES string of the molecule is N#C[Se]c1cc([N+](=O)[O-])ccc1N. The van der Waals surface area contributed by atoms with Crippen LogP contribution in [0.3, 0.4) is 0 Å². The number of nitrogens with zero attached hydrogens (tertiary/aromatic N) is 2. The Hall–Kier alpha value is -1.57. The van der Waals surface area contributed by atoms with Gasteiger partial charge in [-0.3, -0.25) is 0 Å². The van der Waals surface area contributed by atoms with Crippen LogP contribution in [-0.4, -0.2) is 19.9 Å². The molecule has 0 bridgehead atoms. The number of nitro benzene ring substituents is 1. The number of nitrogen functional groups attached to an aromatic ring is 1. The van der Waals surface area contributed by atoms with E-state index in [9.17, 15) is 10.1 Å². The van der Waals surface area contributed by atoms with Gasteiger partial charge in [-0.25, -0.2) is 0 Å². The average molecular weight is 242 g/mol. The van der Waals surface area contributed by atoms with Crippen LogP contribution >= 0.6 is 0 Å². The molecule has 0 heterocycles. The standard InChI is InChI=1S/C7H5N3O2Se/c8-4-13-7-3-5(10(11)12)1-2-6(7)9/h1-3H,9H2. The topological polar surface area (TPSA) is 92.9 Å². The van der Waals surface area contributed by atoms with Gasteiger partial charge in [-0.15, -0.1) is 0 Å². The first-order valence-corrected chi connectivity index (χ1v) is 4.96. The van der Waals surface area contributed by atoms with Gasteiger partial charge in [-0.2, -0.15) is 0 Å². The first kappa shape index (κ1) is 9.52. The van der Waals surface area contributed by atoms with Crippen LogP contribution in [0.15, 0.2) is 18.2 Å². The van der Waals surface area contributed by atoms with Crippen molar-refractivity contribution >= 4 is 30.8 Å². The van der Waals surface area contributed by atoms with E-state index in [1.165, 1.54) is 18.2 Å². The van der Waals surface area contributed by atoms with E-state index in [-0.39, 0.29) is 5.69 Å². The van der Waals surface area contributed by atoms with Crippen molar-refractivity contribution in [1.82, 2.24) is 0 Å². The number of nitriles is 1. The van der Waals surface area contributed by atoms with Gasteiger partial charge in [0.2, 0.25) is 0 Å². The first-order valence-electron chi connectivity index (χ1n) is 3.25. The van der Waals surface area contributed by atoms with E-state index in [1.54, 1.807) is 0 Å². The molecule has 0 radical (unpaired) electrons. The fourth-order valence-corrected chi connectivity index (χ4v) is 1.75. The van der Waals surface area contributed by atoms with E-state index in [1.807, 2.05) is 4.97 Å². The summed E-state index contributed by atoms with van der Waals surface area (Å²) in [5.41, 5.74) is 5.93. The summed E-state index contributed by atoms with van der Waals surface area (Å²) >= 11 is -0.448. The van der Waals surface area contributed by atoms with Crippen molar-refractivity contribution in [3.8, 4) is 4.97 Å². The van der Waals surface area contributed by atoms with Crippen molar-refractivity contribution < 1.29 is 4.92 Å². The van der Waals surface area contributed by atoms with Gasteiger partial charge in [0, 0.05) is 0 Å². The van der Waals surface area contributed by atoms with E-state index in [4.69, 9.17) is 11.0 Å². The van der Waals surface area contributed by atoms with Crippen LogP contribution in [0.2, 0.25) is 0 Å². The predicted octanol–water partition coefficient (Wildman–Crippen LogP) is -0.0124. The van der Waals surface area contributed by atoms with E-state index in [2.05, 4.69) is 0 Å². The fraction of sp³-hybridized carbons (Fsp3) is 0. The summed E-state index contributed by atoms with van der Waals surface area (Å²) in [4.78, 5) is 11.8. The molecule has 66 valence electrons. The summed E-state index contributed by atoms with van der Waals surface area (Å²) in [5, 5.41) is 18.8. The normalized spacial score (nSPS) is 9.15. The Labute approximate surface area is 80.5 Å². The summed E-state index contributed by atoms with van der Waals surface area (Å²) in [6.07, 6.45) is 0. The van der Waals surface area contributed by atoms with Gasteiger partial charge in [0.1, 0.15) is 0 Å². The Morgan fingerprint density at radius 1 is 1.62 bits per heavy atom. The minimum absolute atomic E-state index is 0.0266. The van der Waals surface area contributed by atoms with Crippen LogP contribution in [0.4, 0.5) is 11.4 Å². The van der Waals surface area contributed by atoms with Gasteiger partial charge >= 0.3 is 80.0 Å². The van der Waals surface area contributed by atoms with Gasteiger partial charge in [0.25, 0.3) is 0 Å². The molecule has 0 fully saturated rings. The van der Waals surface area contributed by atoms with Crippen molar-refractivity contribution in [2.45, 2.75) is 0 Å². The Kier molecular flexibility index (Phi) is 2.85. The summed E-state index contributed by atoms with van der Waals surface area (Å²) < 4.78 is 0.559. The third kappa shape index (κ3) is 2.18. The molecule has 0 aliphatic heterocycles. The molecular formula is C7H5N3O2Se. The quantitative estimate of drug-likeness (QED) is 0.341. The molecule has 13 heavy (non-hydrogen) atoms. The molecule has 2 N–H and O–H groups in total.